The van der Waals surface area contributed by atoms with Gasteiger partial charge in [0.2, 0.25) is 0 Å². The van der Waals surface area contributed by atoms with Crippen LogP contribution >= 0.6 is 0 Å². The fraction of sp³-hybridized carbons (Fsp3) is 0.316. The van der Waals surface area contributed by atoms with Gasteiger partial charge in [-0.3, -0.25) is 4.79 Å². The van der Waals surface area contributed by atoms with Gasteiger partial charge in [0.1, 0.15) is 17.3 Å². The number of hydrogen-bond acceptors (Lipinski definition) is 5. The van der Waals surface area contributed by atoms with Crippen molar-refractivity contribution < 1.29 is 18.4 Å². The lowest BCUT2D eigenvalue weighted by Gasteiger charge is -2.16. The van der Waals surface area contributed by atoms with Crippen LogP contribution in [0.25, 0.3) is 0 Å². The Bertz CT molecular complexity index is 935. The molecule has 1 fully saturated rings. The van der Waals surface area contributed by atoms with Crippen molar-refractivity contribution in [2.75, 3.05) is 13.1 Å². The summed E-state index contributed by atoms with van der Waals surface area (Å²) in [7, 11) is 1.85. The van der Waals surface area contributed by atoms with Crippen molar-refractivity contribution in [3.63, 3.8) is 0 Å². The van der Waals surface area contributed by atoms with Gasteiger partial charge in [-0.2, -0.15) is 4.98 Å². The van der Waals surface area contributed by atoms with Crippen LogP contribution in [0.5, 0.6) is 5.75 Å². The summed E-state index contributed by atoms with van der Waals surface area (Å²) in [5, 5.41) is 4.03. The SMILES string of the molecule is Cn1cccc1C(=O)N1CCC(c2noc(COc3ccc(F)cc3)n2)C1. The van der Waals surface area contributed by atoms with E-state index in [1.54, 1.807) is 0 Å². The highest BCUT2D eigenvalue weighted by atomic mass is 19.1. The van der Waals surface area contributed by atoms with E-state index in [9.17, 15) is 9.18 Å². The topological polar surface area (TPSA) is 73.4 Å². The number of ether oxygens (including phenoxy) is 1. The molecule has 140 valence electrons. The summed E-state index contributed by atoms with van der Waals surface area (Å²) in [5.74, 6) is 1.18. The molecule has 1 unspecified atom stereocenters. The Morgan fingerprint density at radius 2 is 2.15 bits per heavy atom. The van der Waals surface area contributed by atoms with Gasteiger partial charge in [-0.05, 0) is 42.8 Å². The number of carbonyl (C=O) groups excluding carboxylic acids is 1. The lowest BCUT2D eigenvalue weighted by atomic mass is 10.1. The monoisotopic (exact) mass is 370 g/mol. The van der Waals surface area contributed by atoms with Crippen molar-refractivity contribution in [3.8, 4) is 5.75 Å². The first-order valence-corrected chi connectivity index (χ1v) is 8.71. The molecule has 1 aromatic carbocycles. The minimum Gasteiger partial charge on any atom is -0.484 e. The van der Waals surface area contributed by atoms with Crippen LogP contribution in [-0.2, 0) is 13.7 Å². The number of nitrogens with zero attached hydrogens (tertiary/aromatic N) is 4. The second-order valence-electron chi connectivity index (χ2n) is 6.53. The van der Waals surface area contributed by atoms with Crippen LogP contribution in [-0.4, -0.2) is 38.6 Å². The third-order valence-electron chi connectivity index (χ3n) is 4.66. The normalized spacial score (nSPS) is 16.7. The first-order valence-electron chi connectivity index (χ1n) is 8.71. The van der Waals surface area contributed by atoms with Crippen molar-refractivity contribution in [1.29, 1.82) is 0 Å². The summed E-state index contributed by atoms with van der Waals surface area (Å²) in [5.41, 5.74) is 0.664. The fourth-order valence-electron chi connectivity index (χ4n) is 3.17. The quantitative estimate of drug-likeness (QED) is 0.690. The predicted octanol–water partition coefficient (Wildman–Crippen LogP) is 2.76. The Morgan fingerprint density at radius 3 is 2.89 bits per heavy atom. The van der Waals surface area contributed by atoms with E-state index in [0.29, 0.717) is 36.2 Å². The number of carbonyl (C=O) groups is 1. The smallest absolute Gasteiger partial charge is 0.270 e. The van der Waals surface area contributed by atoms with E-state index in [1.807, 2.05) is 34.8 Å². The number of hydrogen-bond donors (Lipinski definition) is 0. The van der Waals surface area contributed by atoms with Gasteiger partial charge in [-0.25, -0.2) is 4.39 Å². The number of likely N-dealkylation sites (tertiary alicyclic amines) is 1. The molecule has 0 spiro atoms. The lowest BCUT2D eigenvalue weighted by molar-refractivity contribution is 0.0781. The molecular weight excluding hydrogens is 351 g/mol. The predicted molar refractivity (Wildman–Crippen MR) is 93.7 cm³/mol. The molecule has 1 aliphatic rings. The summed E-state index contributed by atoms with van der Waals surface area (Å²) in [4.78, 5) is 18.8. The molecule has 4 rings (SSSR count). The maximum atomic E-state index is 12.9. The number of aromatic nitrogens is 3. The molecule has 3 heterocycles. The van der Waals surface area contributed by atoms with Gasteiger partial charge in [0.15, 0.2) is 12.4 Å². The zero-order valence-electron chi connectivity index (χ0n) is 14.8. The summed E-state index contributed by atoms with van der Waals surface area (Å²) in [6.07, 6.45) is 2.64. The Labute approximate surface area is 155 Å². The molecule has 3 aromatic rings. The summed E-state index contributed by atoms with van der Waals surface area (Å²) in [6.45, 7) is 1.32. The van der Waals surface area contributed by atoms with E-state index < -0.39 is 0 Å². The molecule has 1 amide bonds. The summed E-state index contributed by atoms with van der Waals surface area (Å²) in [6, 6.07) is 9.40. The summed E-state index contributed by atoms with van der Waals surface area (Å²) >= 11 is 0. The molecule has 0 aliphatic carbocycles. The van der Waals surface area contributed by atoms with Crippen LogP contribution in [0, 0.1) is 5.82 Å². The number of aryl methyl sites for hydroxylation is 1. The van der Waals surface area contributed by atoms with E-state index in [1.165, 1.54) is 24.3 Å². The fourth-order valence-corrected chi connectivity index (χ4v) is 3.17. The third kappa shape index (κ3) is 3.69. The van der Waals surface area contributed by atoms with Gasteiger partial charge in [0.05, 0.1) is 0 Å². The van der Waals surface area contributed by atoms with Gasteiger partial charge in [0, 0.05) is 32.3 Å². The number of benzene rings is 1. The average Bonchev–Trinajstić information content (AvgIpc) is 3.41. The Hall–Kier alpha value is -3.16. The molecule has 1 aliphatic heterocycles. The minimum absolute atomic E-state index is 0.00774. The maximum absolute atomic E-state index is 12.9. The highest BCUT2D eigenvalue weighted by Gasteiger charge is 2.31. The zero-order chi connectivity index (χ0) is 18.8. The van der Waals surface area contributed by atoms with Crippen LogP contribution in [0.2, 0.25) is 0 Å². The largest absolute Gasteiger partial charge is 0.484 e. The number of amides is 1. The highest BCUT2D eigenvalue weighted by molar-refractivity contribution is 5.93. The number of halogens is 1. The van der Waals surface area contributed by atoms with E-state index in [-0.39, 0.29) is 24.2 Å². The average molecular weight is 370 g/mol. The molecule has 0 bridgehead atoms. The van der Waals surface area contributed by atoms with Crippen LogP contribution in [0.3, 0.4) is 0 Å². The molecule has 8 heteroatoms. The second kappa shape index (κ2) is 7.22. The van der Waals surface area contributed by atoms with Gasteiger partial charge < -0.3 is 18.7 Å². The molecule has 0 radical (unpaired) electrons. The molecule has 7 nitrogen and oxygen atoms in total. The van der Waals surface area contributed by atoms with Gasteiger partial charge in [-0.15, -0.1) is 0 Å². The van der Waals surface area contributed by atoms with Crippen molar-refractivity contribution in [1.82, 2.24) is 19.6 Å². The van der Waals surface area contributed by atoms with E-state index >= 15 is 0 Å². The van der Waals surface area contributed by atoms with Crippen molar-refractivity contribution in [3.05, 3.63) is 65.8 Å². The van der Waals surface area contributed by atoms with Crippen LogP contribution in [0.1, 0.15) is 34.5 Å². The molecule has 1 saturated heterocycles. The molecule has 27 heavy (non-hydrogen) atoms. The van der Waals surface area contributed by atoms with Gasteiger partial charge in [0.25, 0.3) is 11.8 Å². The number of rotatable bonds is 5. The molecule has 2 aromatic heterocycles. The Morgan fingerprint density at radius 1 is 1.33 bits per heavy atom. The summed E-state index contributed by atoms with van der Waals surface area (Å²) < 4.78 is 25.5. The third-order valence-corrected chi connectivity index (χ3v) is 4.66. The first-order chi connectivity index (χ1) is 13.1. The lowest BCUT2D eigenvalue weighted by Crippen LogP contribution is -2.30. The first kappa shape index (κ1) is 17.3. The van der Waals surface area contributed by atoms with Crippen LogP contribution < -0.4 is 4.74 Å². The van der Waals surface area contributed by atoms with Crippen molar-refractivity contribution >= 4 is 5.91 Å². The van der Waals surface area contributed by atoms with Crippen LogP contribution in [0.15, 0.2) is 47.1 Å². The zero-order valence-corrected chi connectivity index (χ0v) is 14.8. The van der Waals surface area contributed by atoms with E-state index in [4.69, 9.17) is 9.26 Å². The molecular formula is C19H19FN4O3. The minimum atomic E-state index is -0.321. The van der Waals surface area contributed by atoms with E-state index in [0.717, 1.165) is 6.42 Å². The molecule has 0 saturated carbocycles. The van der Waals surface area contributed by atoms with Crippen molar-refractivity contribution in [2.45, 2.75) is 18.9 Å². The standard InChI is InChI=1S/C19H19FN4O3/c1-23-9-2-3-16(23)19(25)24-10-8-13(11-24)18-21-17(27-22-18)12-26-15-6-4-14(20)5-7-15/h2-7,9,13H,8,10-12H2,1H3. The van der Waals surface area contributed by atoms with E-state index in [2.05, 4.69) is 10.1 Å². The molecule has 0 N–H and O–H groups in total. The van der Waals surface area contributed by atoms with Gasteiger partial charge >= 0.3 is 0 Å². The maximum Gasteiger partial charge on any atom is 0.270 e. The molecule has 1 atom stereocenters. The highest BCUT2D eigenvalue weighted by Crippen LogP contribution is 2.26. The van der Waals surface area contributed by atoms with Crippen molar-refractivity contribution in [2.24, 2.45) is 7.05 Å². The van der Waals surface area contributed by atoms with Gasteiger partial charge in [-0.1, -0.05) is 5.16 Å². The Balaban J connectivity index is 1.35. The second-order valence-corrected chi connectivity index (χ2v) is 6.53. The Kier molecular flexibility index (Phi) is 4.62. The van der Waals surface area contributed by atoms with Crippen LogP contribution in [0.4, 0.5) is 4.39 Å².